The van der Waals surface area contributed by atoms with Crippen LogP contribution in [0.2, 0.25) is 0 Å². The summed E-state index contributed by atoms with van der Waals surface area (Å²) < 4.78 is 5.10. The highest BCUT2D eigenvalue weighted by Gasteiger charge is 2.32. The Morgan fingerprint density at radius 1 is 1.11 bits per heavy atom. The molecule has 28 heavy (non-hydrogen) atoms. The summed E-state index contributed by atoms with van der Waals surface area (Å²) in [7, 11) is 0. The Labute approximate surface area is 164 Å². The van der Waals surface area contributed by atoms with Crippen LogP contribution >= 0.6 is 0 Å². The maximum atomic E-state index is 13.0. The summed E-state index contributed by atoms with van der Waals surface area (Å²) in [6.07, 6.45) is 5.41. The van der Waals surface area contributed by atoms with Crippen LogP contribution in [0.25, 0.3) is 0 Å². The molecule has 2 fully saturated rings. The van der Waals surface area contributed by atoms with Crippen LogP contribution in [0.5, 0.6) is 0 Å². The molecule has 2 saturated heterocycles. The van der Waals surface area contributed by atoms with E-state index in [9.17, 15) is 4.79 Å². The number of aromatic nitrogens is 4. The summed E-state index contributed by atoms with van der Waals surface area (Å²) in [5, 5.41) is 4.06. The van der Waals surface area contributed by atoms with Gasteiger partial charge in [0.15, 0.2) is 5.82 Å². The predicted molar refractivity (Wildman–Crippen MR) is 103 cm³/mol. The van der Waals surface area contributed by atoms with Crippen LogP contribution in [-0.4, -0.2) is 81.1 Å². The monoisotopic (exact) mass is 385 g/mol. The lowest BCUT2D eigenvalue weighted by atomic mass is 9.95. The van der Waals surface area contributed by atoms with Gasteiger partial charge in [0.05, 0.1) is 6.04 Å². The first-order valence-corrected chi connectivity index (χ1v) is 9.97. The number of rotatable bonds is 4. The molecule has 4 heterocycles. The Kier molecular flexibility index (Phi) is 5.52. The fourth-order valence-corrected chi connectivity index (χ4v) is 4.03. The lowest BCUT2D eigenvalue weighted by Gasteiger charge is -2.39. The zero-order valence-corrected chi connectivity index (χ0v) is 16.5. The molecular weight excluding hydrogens is 358 g/mol. The van der Waals surface area contributed by atoms with E-state index in [0.29, 0.717) is 24.9 Å². The molecule has 4 rings (SSSR count). The molecule has 1 amide bonds. The largest absolute Gasteiger partial charge is 0.340 e. The molecule has 2 aliphatic rings. The SMILES string of the molecule is Cc1nc(C2CCN(C(C)C(=O)N3CCN(c4ncccn4)CC3)CC2)no1. The number of anilines is 1. The molecule has 1 atom stereocenters. The molecule has 2 aromatic heterocycles. The van der Waals surface area contributed by atoms with Gasteiger partial charge in [-0.1, -0.05) is 5.16 Å². The van der Waals surface area contributed by atoms with Crippen molar-refractivity contribution in [3.8, 4) is 0 Å². The van der Waals surface area contributed by atoms with E-state index >= 15 is 0 Å². The summed E-state index contributed by atoms with van der Waals surface area (Å²) in [4.78, 5) is 32.3. The van der Waals surface area contributed by atoms with Gasteiger partial charge < -0.3 is 14.3 Å². The van der Waals surface area contributed by atoms with Crippen LogP contribution in [0.15, 0.2) is 23.0 Å². The molecule has 0 aromatic carbocycles. The molecule has 9 nitrogen and oxygen atoms in total. The minimum absolute atomic E-state index is 0.104. The van der Waals surface area contributed by atoms with Gasteiger partial charge in [-0.25, -0.2) is 9.97 Å². The van der Waals surface area contributed by atoms with Gasteiger partial charge in [0, 0.05) is 51.4 Å². The zero-order valence-electron chi connectivity index (χ0n) is 16.5. The van der Waals surface area contributed by atoms with Gasteiger partial charge in [0.25, 0.3) is 0 Å². The molecule has 1 unspecified atom stereocenters. The van der Waals surface area contributed by atoms with E-state index in [1.165, 1.54) is 0 Å². The van der Waals surface area contributed by atoms with Crippen molar-refractivity contribution in [3.63, 3.8) is 0 Å². The lowest BCUT2D eigenvalue weighted by molar-refractivity contribution is -0.137. The predicted octanol–water partition coefficient (Wildman–Crippen LogP) is 1.08. The molecule has 0 spiro atoms. The van der Waals surface area contributed by atoms with Crippen molar-refractivity contribution >= 4 is 11.9 Å². The third kappa shape index (κ3) is 3.99. The zero-order chi connectivity index (χ0) is 19.5. The number of piperidine rings is 1. The van der Waals surface area contributed by atoms with Crippen LogP contribution in [-0.2, 0) is 4.79 Å². The van der Waals surface area contributed by atoms with Gasteiger partial charge in [-0.2, -0.15) is 4.98 Å². The van der Waals surface area contributed by atoms with Crippen LogP contribution in [0, 0.1) is 6.92 Å². The number of hydrogen-bond acceptors (Lipinski definition) is 8. The fraction of sp³-hybridized carbons (Fsp3) is 0.632. The quantitative estimate of drug-likeness (QED) is 0.772. The molecule has 9 heteroatoms. The second kappa shape index (κ2) is 8.22. The first-order valence-electron chi connectivity index (χ1n) is 9.97. The van der Waals surface area contributed by atoms with Crippen molar-refractivity contribution in [2.24, 2.45) is 0 Å². The van der Waals surface area contributed by atoms with Gasteiger partial charge in [-0.05, 0) is 38.9 Å². The van der Waals surface area contributed by atoms with Crippen molar-refractivity contribution in [1.82, 2.24) is 29.9 Å². The molecule has 150 valence electrons. The number of likely N-dealkylation sites (tertiary alicyclic amines) is 1. The second-order valence-corrected chi connectivity index (χ2v) is 7.52. The Balaban J connectivity index is 1.27. The highest BCUT2D eigenvalue weighted by atomic mass is 16.5. The number of hydrogen-bond donors (Lipinski definition) is 0. The van der Waals surface area contributed by atoms with E-state index in [1.54, 1.807) is 12.4 Å². The van der Waals surface area contributed by atoms with E-state index < -0.39 is 0 Å². The Morgan fingerprint density at radius 3 is 2.39 bits per heavy atom. The third-order valence-electron chi connectivity index (χ3n) is 5.77. The van der Waals surface area contributed by atoms with E-state index in [2.05, 4.69) is 29.9 Å². The Hall–Kier alpha value is -2.55. The van der Waals surface area contributed by atoms with Gasteiger partial charge >= 0.3 is 0 Å². The third-order valence-corrected chi connectivity index (χ3v) is 5.77. The van der Waals surface area contributed by atoms with E-state index in [4.69, 9.17) is 4.52 Å². The normalized spacial score (nSPS) is 20.4. The summed E-state index contributed by atoms with van der Waals surface area (Å²) in [5.41, 5.74) is 0. The number of aryl methyl sites for hydroxylation is 1. The molecule has 0 saturated carbocycles. The van der Waals surface area contributed by atoms with E-state index in [-0.39, 0.29) is 11.9 Å². The molecule has 0 aliphatic carbocycles. The highest BCUT2D eigenvalue weighted by molar-refractivity contribution is 5.81. The van der Waals surface area contributed by atoms with Crippen molar-refractivity contribution < 1.29 is 9.32 Å². The summed E-state index contributed by atoms with van der Waals surface area (Å²) >= 11 is 0. The van der Waals surface area contributed by atoms with Crippen molar-refractivity contribution in [2.45, 2.75) is 38.6 Å². The number of amides is 1. The standard InChI is InChI=1S/C19H27N7O2/c1-14(24-8-4-16(5-9-24)17-22-15(2)28-23-17)18(27)25-10-12-26(13-11-25)19-20-6-3-7-21-19/h3,6-7,14,16H,4-5,8-13H2,1-2H3. The van der Waals surface area contributed by atoms with Crippen molar-refractivity contribution in [3.05, 3.63) is 30.2 Å². The minimum atomic E-state index is -0.104. The van der Waals surface area contributed by atoms with E-state index in [0.717, 1.165) is 50.8 Å². The van der Waals surface area contributed by atoms with E-state index in [1.807, 2.05) is 24.8 Å². The summed E-state index contributed by atoms with van der Waals surface area (Å²) in [6.45, 7) is 8.54. The van der Waals surface area contributed by atoms with Gasteiger partial charge in [-0.15, -0.1) is 0 Å². The van der Waals surface area contributed by atoms with Crippen molar-refractivity contribution in [2.75, 3.05) is 44.2 Å². The number of carbonyl (C=O) groups is 1. The van der Waals surface area contributed by atoms with Gasteiger partial charge in [-0.3, -0.25) is 9.69 Å². The number of piperazine rings is 1. The van der Waals surface area contributed by atoms with Crippen LogP contribution < -0.4 is 4.90 Å². The van der Waals surface area contributed by atoms with Crippen molar-refractivity contribution in [1.29, 1.82) is 0 Å². The number of nitrogens with zero attached hydrogens (tertiary/aromatic N) is 7. The molecule has 0 radical (unpaired) electrons. The average molecular weight is 385 g/mol. The molecular formula is C19H27N7O2. The van der Waals surface area contributed by atoms with Gasteiger partial charge in [0.1, 0.15) is 0 Å². The Bertz CT molecular complexity index is 781. The Morgan fingerprint density at radius 2 is 1.79 bits per heavy atom. The lowest BCUT2D eigenvalue weighted by Crippen LogP contribution is -2.55. The second-order valence-electron chi connectivity index (χ2n) is 7.52. The summed E-state index contributed by atoms with van der Waals surface area (Å²) in [5.74, 6) is 2.69. The first kappa shape index (κ1) is 18.8. The van der Waals surface area contributed by atoms with Crippen LogP contribution in [0.3, 0.4) is 0 Å². The molecule has 0 N–H and O–H groups in total. The summed E-state index contributed by atoms with van der Waals surface area (Å²) in [6, 6.07) is 1.71. The topological polar surface area (TPSA) is 91.5 Å². The van der Waals surface area contributed by atoms with Crippen LogP contribution in [0.1, 0.15) is 37.4 Å². The first-order chi connectivity index (χ1) is 13.6. The average Bonchev–Trinajstić information content (AvgIpc) is 3.20. The number of carbonyl (C=O) groups excluding carboxylic acids is 1. The molecule has 2 aromatic rings. The van der Waals surface area contributed by atoms with Crippen LogP contribution in [0.4, 0.5) is 5.95 Å². The van der Waals surface area contributed by atoms with Gasteiger partial charge in [0.2, 0.25) is 17.7 Å². The maximum absolute atomic E-state index is 13.0. The molecule has 0 bridgehead atoms. The maximum Gasteiger partial charge on any atom is 0.239 e. The highest BCUT2D eigenvalue weighted by Crippen LogP contribution is 2.27. The molecule has 2 aliphatic heterocycles. The fourth-order valence-electron chi connectivity index (χ4n) is 4.03. The minimum Gasteiger partial charge on any atom is -0.340 e. The smallest absolute Gasteiger partial charge is 0.239 e.